The van der Waals surface area contributed by atoms with E-state index in [1.807, 2.05) is 0 Å². The predicted octanol–water partition coefficient (Wildman–Crippen LogP) is 5.71. The Bertz CT molecular complexity index is 943. The molecule has 1 N–H and O–H groups in total. The summed E-state index contributed by atoms with van der Waals surface area (Å²) < 4.78 is 133. The smallest absolute Gasteiger partial charge is 0.303 e. The Hall–Kier alpha value is -1.39. The molecule has 0 amide bonds. The quantitative estimate of drug-likeness (QED) is 0.221. The van der Waals surface area contributed by atoms with Crippen LogP contribution in [0, 0.1) is 10.1 Å². The molecule has 0 saturated carbocycles. The summed E-state index contributed by atoms with van der Waals surface area (Å²) in [6.45, 7) is -3.88. The van der Waals surface area contributed by atoms with Gasteiger partial charge in [0.25, 0.3) is 0 Å². The molecule has 0 spiro atoms. The number of allylic oxidation sites excluding steroid dienone is 2. The second-order valence-corrected chi connectivity index (χ2v) is 4.45. The van der Waals surface area contributed by atoms with Crippen LogP contribution in [0.3, 0.4) is 0 Å². The van der Waals surface area contributed by atoms with Crippen LogP contribution in [-0.4, -0.2) is 16.0 Å². The molecular formula is C18H33NO4. The number of nitrogens with zero attached hydrogens (tertiary/aromatic N) is 1. The number of nitro groups is 1. The lowest BCUT2D eigenvalue weighted by Gasteiger charge is -2.01. The predicted molar refractivity (Wildman–Crippen MR) is 93.0 cm³/mol. The number of carboxylic acids is 1. The molecule has 0 atom stereocenters. The standard InChI is InChI=1S/C18H33NO4/c1-2-3-4-5-6-8-11-14-17(19(22)23)15-12-9-7-10-13-16-18(20)21/h14H,2-13,15-16H2,1H3,(H,20,21)/b17-14+/i1D3,2D2,3D2,4D2,5D2,6D2,8D2,11D2. The Morgan fingerprint density at radius 3 is 2.35 bits per heavy atom. The molecule has 0 heterocycles. The molecule has 5 heteroatoms. The fourth-order valence-corrected chi connectivity index (χ4v) is 1.61. The van der Waals surface area contributed by atoms with Gasteiger partial charge in [0, 0.05) is 36.1 Å². The van der Waals surface area contributed by atoms with Crippen molar-refractivity contribution in [2.75, 3.05) is 0 Å². The van der Waals surface area contributed by atoms with Crippen LogP contribution >= 0.6 is 0 Å². The van der Waals surface area contributed by atoms with Crippen LogP contribution in [0.1, 0.15) is 120 Å². The van der Waals surface area contributed by atoms with E-state index < -0.39 is 74.5 Å². The average molecular weight is 345 g/mol. The van der Waals surface area contributed by atoms with E-state index in [0.29, 0.717) is 25.7 Å². The normalized spacial score (nSPS) is 27.5. The molecule has 5 nitrogen and oxygen atoms in total. The van der Waals surface area contributed by atoms with Crippen LogP contribution in [0.15, 0.2) is 11.8 Å². The van der Waals surface area contributed by atoms with E-state index in [-0.39, 0.29) is 18.9 Å². The average Bonchev–Trinajstić information content (AvgIpc) is 2.75. The summed E-state index contributed by atoms with van der Waals surface area (Å²) in [5, 5.41) is 20.1. The summed E-state index contributed by atoms with van der Waals surface area (Å²) in [7, 11) is 0. The van der Waals surface area contributed by atoms with E-state index in [0.717, 1.165) is 0 Å². The second kappa shape index (κ2) is 15.5. The van der Waals surface area contributed by atoms with E-state index in [1.165, 1.54) is 0 Å². The van der Waals surface area contributed by atoms with Gasteiger partial charge >= 0.3 is 5.97 Å². The van der Waals surface area contributed by atoms with Gasteiger partial charge in [0.1, 0.15) is 0 Å². The highest BCUT2D eigenvalue weighted by molar-refractivity contribution is 5.66. The first-order chi connectivity index (χ1) is 17.5. The van der Waals surface area contributed by atoms with Crippen molar-refractivity contribution >= 4 is 5.97 Å². The van der Waals surface area contributed by atoms with Crippen molar-refractivity contribution in [1.82, 2.24) is 0 Å². The van der Waals surface area contributed by atoms with Crippen LogP contribution in [0.4, 0.5) is 0 Å². The van der Waals surface area contributed by atoms with E-state index in [2.05, 4.69) is 0 Å². The first-order valence-electron chi connectivity index (χ1n) is 15.6. The summed E-state index contributed by atoms with van der Waals surface area (Å²) >= 11 is 0. The molecular weight excluding hydrogens is 294 g/mol. The number of aliphatic carboxylic acids is 1. The van der Waals surface area contributed by atoms with E-state index in [1.54, 1.807) is 0 Å². The monoisotopic (exact) mass is 344 g/mol. The molecule has 0 unspecified atom stereocenters. The minimum absolute atomic E-state index is 0.0644. The third-order valence-corrected chi connectivity index (χ3v) is 2.68. The highest BCUT2D eigenvalue weighted by Crippen LogP contribution is 2.14. The zero-order chi connectivity index (χ0) is 32.4. The third kappa shape index (κ3) is 15.3. The Balaban J connectivity index is 6.30. The lowest BCUT2D eigenvalue weighted by molar-refractivity contribution is -0.428. The lowest BCUT2D eigenvalue weighted by Crippen LogP contribution is -1.99. The van der Waals surface area contributed by atoms with Crippen molar-refractivity contribution in [3.63, 3.8) is 0 Å². The zero-order valence-electron chi connectivity index (χ0n) is 29.6. The molecule has 0 aliphatic rings. The van der Waals surface area contributed by atoms with Crippen molar-refractivity contribution < 1.29 is 38.1 Å². The molecule has 134 valence electrons. The van der Waals surface area contributed by atoms with Gasteiger partial charge in [0.05, 0.1) is 4.92 Å². The van der Waals surface area contributed by atoms with Gasteiger partial charge in [-0.15, -0.1) is 0 Å². The van der Waals surface area contributed by atoms with Gasteiger partial charge in [0.15, 0.2) is 0 Å². The van der Waals surface area contributed by atoms with E-state index in [9.17, 15) is 14.9 Å². The number of carboxylic acid groups (broad SMARTS) is 1. The minimum Gasteiger partial charge on any atom is -0.481 e. The SMILES string of the molecule is [2H]C([2H])([2H])C([2H])([2H])C([2H])([2H])C([2H])([2H])C([2H])([2H])C([2H])([2H])C([2H])([2H])C([2H])([2H])/C=C(\CCCCCCCC(=O)O)[N+](=O)[O-]. The molecule has 0 bridgehead atoms. The van der Waals surface area contributed by atoms with E-state index >= 15 is 0 Å². The first kappa shape index (κ1) is 6.49. The van der Waals surface area contributed by atoms with Crippen molar-refractivity contribution in [2.45, 2.75) is 96.4 Å². The van der Waals surface area contributed by atoms with Crippen molar-refractivity contribution in [2.24, 2.45) is 0 Å². The summed E-state index contributed by atoms with van der Waals surface area (Å²) in [6, 6.07) is 0. The molecule has 23 heavy (non-hydrogen) atoms. The molecule has 0 aliphatic heterocycles. The molecule has 0 fully saturated rings. The maximum atomic E-state index is 11.5. The number of carbonyl (C=O) groups is 1. The molecule has 0 aromatic rings. The number of hydrogen-bond acceptors (Lipinski definition) is 3. The van der Waals surface area contributed by atoms with Crippen molar-refractivity contribution in [1.29, 1.82) is 0 Å². The highest BCUT2D eigenvalue weighted by Gasteiger charge is 2.09. The Labute approximate surface area is 164 Å². The number of rotatable bonds is 16. The summed E-state index contributed by atoms with van der Waals surface area (Å²) in [5.74, 6) is -0.987. The van der Waals surface area contributed by atoms with Crippen LogP contribution in [0.25, 0.3) is 0 Å². The largest absolute Gasteiger partial charge is 0.481 e. The molecule has 0 aromatic heterocycles. The minimum atomic E-state index is -4.45. The molecule has 0 aliphatic carbocycles. The topological polar surface area (TPSA) is 80.4 Å². The lowest BCUT2D eigenvalue weighted by atomic mass is 10.1. The first-order valence-corrected chi connectivity index (χ1v) is 7.05. The third-order valence-electron chi connectivity index (χ3n) is 2.68. The Kier molecular flexibility index (Phi) is 4.37. The highest BCUT2D eigenvalue weighted by atomic mass is 16.6. The molecule has 0 radical (unpaired) electrons. The second-order valence-electron chi connectivity index (χ2n) is 4.45. The van der Waals surface area contributed by atoms with Crippen molar-refractivity contribution in [3.8, 4) is 0 Å². The summed E-state index contributed by atoms with van der Waals surface area (Å²) in [4.78, 5) is 20.9. The maximum Gasteiger partial charge on any atom is 0.303 e. The van der Waals surface area contributed by atoms with Crippen LogP contribution in [-0.2, 0) is 4.79 Å². The van der Waals surface area contributed by atoms with Crippen LogP contribution in [0.2, 0.25) is 0 Å². The van der Waals surface area contributed by atoms with Gasteiger partial charge in [-0.25, -0.2) is 0 Å². The zero-order valence-corrected chi connectivity index (χ0v) is 12.6. The molecule has 0 saturated heterocycles. The molecule has 0 aromatic carbocycles. The van der Waals surface area contributed by atoms with Gasteiger partial charge in [0.2, 0.25) is 5.70 Å². The van der Waals surface area contributed by atoms with Gasteiger partial charge in [-0.3, -0.25) is 14.9 Å². The van der Waals surface area contributed by atoms with Gasteiger partial charge in [-0.1, -0.05) is 58.0 Å². The summed E-state index contributed by atoms with van der Waals surface area (Å²) in [6.07, 6.45) is -28.2. The number of unbranched alkanes of at least 4 members (excludes halogenated alkanes) is 4. The van der Waals surface area contributed by atoms with Crippen molar-refractivity contribution in [3.05, 3.63) is 21.9 Å². The maximum absolute atomic E-state index is 11.5. The van der Waals surface area contributed by atoms with Crippen LogP contribution in [0.5, 0.6) is 0 Å². The van der Waals surface area contributed by atoms with Gasteiger partial charge < -0.3 is 5.11 Å². The fraction of sp³-hybridized carbons (Fsp3) is 0.833. The molecule has 0 rings (SSSR count). The Morgan fingerprint density at radius 2 is 1.70 bits per heavy atom. The number of hydrogen-bond donors (Lipinski definition) is 1. The van der Waals surface area contributed by atoms with Gasteiger partial charge in [-0.05, 0) is 31.7 Å². The Morgan fingerprint density at radius 1 is 1.09 bits per heavy atom. The van der Waals surface area contributed by atoms with E-state index in [4.69, 9.17) is 28.4 Å². The van der Waals surface area contributed by atoms with Crippen LogP contribution < -0.4 is 0 Å². The summed E-state index contributed by atoms with van der Waals surface area (Å²) in [5.41, 5.74) is -0.909. The fourth-order valence-electron chi connectivity index (χ4n) is 1.61. The van der Waals surface area contributed by atoms with Gasteiger partial charge in [-0.2, -0.15) is 0 Å².